The number of aliphatic hydroxyl groups excluding tert-OH is 1. The Balaban J connectivity index is 2.15. The van der Waals surface area contributed by atoms with Crippen molar-refractivity contribution < 1.29 is 18.3 Å². The Kier molecular flexibility index (Phi) is 7.94. The molecule has 0 aromatic heterocycles. The third-order valence-corrected chi connectivity index (χ3v) is 6.85. The smallest absolute Gasteiger partial charge is 0.252 e. The minimum atomic E-state index is -3.87. The lowest BCUT2D eigenvalue weighted by molar-refractivity contribution is 0.0840. The molecular formula is C18H26Cl2N2O4S. The average molecular weight is 437 g/mol. The van der Waals surface area contributed by atoms with Crippen LogP contribution in [-0.2, 0) is 10.0 Å². The summed E-state index contributed by atoms with van der Waals surface area (Å²) in [5.74, 6) is -0.248. The molecule has 0 saturated heterocycles. The maximum absolute atomic E-state index is 12.5. The topological polar surface area (TPSA) is 95.5 Å². The molecule has 1 saturated carbocycles. The number of amides is 1. The lowest BCUT2D eigenvalue weighted by atomic mass is 10.0. The quantitative estimate of drug-likeness (QED) is 0.582. The van der Waals surface area contributed by atoms with E-state index >= 15 is 0 Å². The van der Waals surface area contributed by atoms with Crippen molar-refractivity contribution in [3.8, 4) is 0 Å². The number of hydrogen-bond acceptors (Lipinski definition) is 4. The van der Waals surface area contributed by atoms with Gasteiger partial charge in [-0.3, -0.25) is 4.79 Å². The second-order valence-corrected chi connectivity index (χ2v) is 9.88. The number of benzene rings is 1. The molecule has 27 heavy (non-hydrogen) atoms. The number of rotatable bonds is 8. The number of carbonyl (C=O) groups excluding carboxylic acids is 1. The Labute approximate surface area is 170 Å². The summed E-state index contributed by atoms with van der Waals surface area (Å²) in [6.07, 6.45) is 3.44. The van der Waals surface area contributed by atoms with Gasteiger partial charge in [0, 0.05) is 13.1 Å². The van der Waals surface area contributed by atoms with Gasteiger partial charge in [-0.1, -0.05) is 49.9 Å². The maximum atomic E-state index is 12.5. The number of nitrogens with one attached hydrogen (secondary N) is 2. The van der Waals surface area contributed by atoms with Crippen molar-refractivity contribution in [2.24, 2.45) is 11.8 Å². The minimum absolute atomic E-state index is 0.00427. The molecular weight excluding hydrogens is 411 g/mol. The van der Waals surface area contributed by atoms with Crippen molar-refractivity contribution in [1.29, 1.82) is 0 Å². The first-order valence-corrected chi connectivity index (χ1v) is 11.3. The maximum Gasteiger partial charge on any atom is 0.252 e. The summed E-state index contributed by atoms with van der Waals surface area (Å²) >= 11 is 12.1. The second kappa shape index (κ2) is 9.56. The molecule has 1 aliphatic rings. The number of hydrogen-bond donors (Lipinski definition) is 3. The molecule has 1 unspecified atom stereocenters. The van der Waals surface area contributed by atoms with E-state index in [1.807, 2.05) is 13.8 Å². The van der Waals surface area contributed by atoms with Crippen LogP contribution in [0.5, 0.6) is 0 Å². The Morgan fingerprint density at radius 3 is 2.41 bits per heavy atom. The molecule has 9 heteroatoms. The molecule has 0 radical (unpaired) electrons. The molecule has 1 aromatic rings. The van der Waals surface area contributed by atoms with Gasteiger partial charge in [0.1, 0.15) is 4.90 Å². The van der Waals surface area contributed by atoms with Crippen molar-refractivity contribution in [1.82, 2.24) is 10.0 Å². The Bertz CT molecular complexity index is 778. The van der Waals surface area contributed by atoms with E-state index in [-0.39, 0.29) is 45.4 Å². The Hall–Kier alpha value is -0.860. The first-order chi connectivity index (χ1) is 12.6. The third-order valence-electron chi connectivity index (χ3n) is 4.65. The van der Waals surface area contributed by atoms with Gasteiger partial charge in [0.05, 0.1) is 21.7 Å². The van der Waals surface area contributed by atoms with Crippen LogP contribution in [-0.4, -0.2) is 38.6 Å². The van der Waals surface area contributed by atoms with Gasteiger partial charge in [-0.2, -0.15) is 0 Å². The molecule has 1 aliphatic carbocycles. The van der Waals surface area contributed by atoms with Gasteiger partial charge in [0.2, 0.25) is 10.0 Å². The molecule has 1 atom stereocenters. The molecule has 1 amide bonds. The van der Waals surface area contributed by atoms with E-state index in [4.69, 9.17) is 23.2 Å². The highest BCUT2D eigenvalue weighted by Crippen LogP contribution is 2.29. The predicted molar refractivity (Wildman–Crippen MR) is 107 cm³/mol. The monoisotopic (exact) mass is 436 g/mol. The Morgan fingerprint density at radius 2 is 1.81 bits per heavy atom. The van der Waals surface area contributed by atoms with E-state index in [2.05, 4.69) is 10.0 Å². The summed E-state index contributed by atoms with van der Waals surface area (Å²) in [5, 5.41) is 12.8. The molecule has 6 nitrogen and oxygen atoms in total. The van der Waals surface area contributed by atoms with Crippen molar-refractivity contribution >= 4 is 39.1 Å². The third kappa shape index (κ3) is 6.06. The standard InChI is InChI=1S/C18H26Cl2N2O4S/c1-11(2)9-22-27(25,26)17-7-13(14(19)8-15(17)20)18(24)21-10-16(23)12-5-3-4-6-12/h7-8,11-12,16,22-23H,3-6,9-10H2,1-2H3,(H,21,24). The zero-order valence-corrected chi connectivity index (χ0v) is 17.8. The van der Waals surface area contributed by atoms with E-state index in [1.165, 1.54) is 12.1 Å². The number of aliphatic hydroxyl groups is 1. The molecule has 1 fully saturated rings. The van der Waals surface area contributed by atoms with Gasteiger partial charge < -0.3 is 10.4 Å². The van der Waals surface area contributed by atoms with Gasteiger partial charge in [-0.15, -0.1) is 0 Å². The van der Waals surface area contributed by atoms with Crippen LogP contribution in [0.1, 0.15) is 49.9 Å². The highest BCUT2D eigenvalue weighted by atomic mass is 35.5. The lowest BCUT2D eigenvalue weighted by Gasteiger charge is -2.18. The van der Waals surface area contributed by atoms with Crippen molar-refractivity contribution in [3.05, 3.63) is 27.7 Å². The molecule has 0 heterocycles. The fourth-order valence-corrected chi connectivity index (χ4v) is 5.14. The second-order valence-electron chi connectivity index (χ2n) is 7.33. The summed E-state index contributed by atoms with van der Waals surface area (Å²) in [7, 11) is -3.87. The fraction of sp³-hybridized carbons (Fsp3) is 0.611. The van der Waals surface area contributed by atoms with Crippen molar-refractivity contribution in [3.63, 3.8) is 0 Å². The van der Waals surface area contributed by atoms with Crippen LogP contribution in [0.2, 0.25) is 10.0 Å². The number of carbonyl (C=O) groups is 1. The van der Waals surface area contributed by atoms with Gasteiger partial charge in [0.15, 0.2) is 0 Å². The largest absolute Gasteiger partial charge is 0.391 e. The molecule has 0 bridgehead atoms. The zero-order valence-electron chi connectivity index (χ0n) is 15.5. The summed E-state index contributed by atoms with van der Waals surface area (Å²) in [6, 6.07) is 2.42. The molecule has 1 aromatic carbocycles. The summed E-state index contributed by atoms with van der Waals surface area (Å²) in [6.45, 7) is 4.09. The molecule has 0 spiro atoms. The van der Waals surface area contributed by atoms with Crippen molar-refractivity contribution in [2.45, 2.75) is 50.5 Å². The molecule has 2 rings (SSSR count). The lowest BCUT2D eigenvalue weighted by Crippen LogP contribution is -2.36. The fourth-order valence-electron chi connectivity index (χ4n) is 3.06. The molecule has 3 N–H and O–H groups in total. The van der Waals surface area contributed by atoms with Crippen LogP contribution in [0.4, 0.5) is 0 Å². The van der Waals surface area contributed by atoms with Gasteiger partial charge in [-0.05, 0) is 36.8 Å². The number of halogens is 2. The summed E-state index contributed by atoms with van der Waals surface area (Å²) in [4.78, 5) is 12.3. The van der Waals surface area contributed by atoms with E-state index in [1.54, 1.807) is 0 Å². The first-order valence-electron chi connectivity index (χ1n) is 9.06. The van der Waals surface area contributed by atoms with Crippen LogP contribution < -0.4 is 10.0 Å². The van der Waals surface area contributed by atoms with Crippen LogP contribution in [0.15, 0.2) is 17.0 Å². The highest BCUT2D eigenvalue weighted by molar-refractivity contribution is 7.89. The zero-order chi connectivity index (χ0) is 20.2. The van der Waals surface area contributed by atoms with Gasteiger partial charge in [-0.25, -0.2) is 13.1 Å². The predicted octanol–water partition coefficient (Wildman–Crippen LogP) is 3.21. The van der Waals surface area contributed by atoms with Crippen molar-refractivity contribution in [2.75, 3.05) is 13.1 Å². The van der Waals surface area contributed by atoms with Gasteiger partial charge >= 0.3 is 0 Å². The van der Waals surface area contributed by atoms with E-state index in [0.717, 1.165) is 25.7 Å². The van der Waals surface area contributed by atoms with Crippen LogP contribution in [0, 0.1) is 11.8 Å². The van der Waals surface area contributed by atoms with Crippen LogP contribution in [0.25, 0.3) is 0 Å². The highest BCUT2D eigenvalue weighted by Gasteiger charge is 2.25. The first kappa shape index (κ1) is 22.4. The normalized spacial score (nSPS) is 16.7. The Morgan fingerprint density at radius 1 is 1.19 bits per heavy atom. The molecule has 152 valence electrons. The summed E-state index contributed by atoms with van der Waals surface area (Å²) in [5.41, 5.74) is 0.00427. The van der Waals surface area contributed by atoms with Crippen LogP contribution in [0.3, 0.4) is 0 Å². The number of sulfonamides is 1. The average Bonchev–Trinajstić information content (AvgIpc) is 3.12. The SMILES string of the molecule is CC(C)CNS(=O)(=O)c1cc(C(=O)NCC(O)C2CCCC2)c(Cl)cc1Cl. The van der Waals surface area contributed by atoms with E-state index in [0.29, 0.717) is 0 Å². The van der Waals surface area contributed by atoms with E-state index in [9.17, 15) is 18.3 Å². The molecule has 0 aliphatic heterocycles. The van der Waals surface area contributed by atoms with E-state index < -0.39 is 22.0 Å². The minimum Gasteiger partial charge on any atom is -0.391 e. The summed E-state index contributed by atoms with van der Waals surface area (Å²) < 4.78 is 27.4. The van der Waals surface area contributed by atoms with Crippen LogP contribution >= 0.6 is 23.2 Å². The van der Waals surface area contributed by atoms with Gasteiger partial charge in [0.25, 0.3) is 5.91 Å².